The molecule has 16 heavy (non-hydrogen) atoms. The molecule has 0 aromatic heterocycles. The zero-order valence-electron chi connectivity index (χ0n) is 8.81. The highest BCUT2D eigenvalue weighted by Crippen LogP contribution is 2.15. The van der Waals surface area contributed by atoms with E-state index in [9.17, 15) is 4.79 Å². The van der Waals surface area contributed by atoms with Gasteiger partial charge in [0.15, 0.2) is 0 Å². The van der Waals surface area contributed by atoms with E-state index in [-0.39, 0.29) is 13.2 Å². The summed E-state index contributed by atoms with van der Waals surface area (Å²) in [6, 6.07) is 8.98. The van der Waals surface area contributed by atoms with E-state index in [0.717, 1.165) is 5.56 Å². The molecule has 0 saturated carbocycles. The Morgan fingerprint density at radius 3 is 2.88 bits per heavy atom. The van der Waals surface area contributed by atoms with Crippen LogP contribution in [0.3, 0.4) is 0 Å². The van der Waals surface area contributed by atoms with E-state index < -0.39 is 6.09 Å². The molecule has 1 rings (SSSR count). The molecular formula is C11H11ClN2O2. The summed E-state index contributed by atoms with van der Waals surface area (Å²) in [6.45, 7) is 0.107. The van der Waals surface area contributed by atoms with Crippen LogP contribution in [0.1, 0.15) is 5.56 Å². The molecule has 0 aliphatic rings. The van der Waals surface area contributed by atoms with Gasteiger partial charge in [0, 0.05) is 17.6 Å². The molecule has 0 aliphatic heterocycles. The summed E-state index contributed by atoms with van der Waals surface area (Å²) in [5, 5.41) is 8.95. The van der Waals surface area contributed by atoms with Gasteiger partial charge in [0.05, 0.1) is 6.07 Å². The number of rotatable bonds is 3. The maximum absolute atomic E-state index is 11.3. The molecule has 0 spiro atoms. The van der Waals surface area contributed by atoms with Crippen LogP contribution in [0.25, 0.3) is 0 Å². The zero-order chi connectivity index (χ0) is 12.0. The fourth-order valence-corrected chi connectivity index (χ4v) is 1.23. The standard InChI is InChI=1S/C11H11ClN2O2/c1-14(7-6-13)11(15)16-8-9-4-2-3-5-10(9)12/h2-5H,7-8H2,1H3. The van der Waals surface area contributed by atoms with Gasteiger partial charge in [-0.2, -0.15) is 5.26 Å². The number of nitriles is 1. The highest BCUT2D eigenvalue weighted by atomic mass is 35.5. The van der Waals surface area contributed by atoms with Gasteiger partial charge < -0.3 is 4.74 Å². The third-order valence-corrected chi connectivity index (χ3v) is 2.30. The van der Waals surface area contributed by atoms with Gasteiger partial charge in [-0.25, -0.2) is 4.79 Å². The van der Waals surface area contributed by atoms with Gasteiger partial charge >= 0.3 is 6.09 Å². The summed E-state index contributed by atoms with van der Waals surface area (Å²) in [5.74, 6) is 0. The number of carbonyl (C=O) groups excluding carboxylic acids is 1. The Kier molecular flexibility index (Phi) is 4.62. The van der Waals surface area contributed by atoms with Crippen LogP contribution in [0.4, 0.5) is 4.79 Å². The van der Waals surface area contributed by atoms with Crippen molar-refractivity contribution in [2.24, 2.45) is 0 Å². The van der Waals surface area contributed by atoms with Gasteiger partial charge in [-0.15, -0.1) is 0 Å². The molecule has 5 heteroatoms. The van der Waals surface area contributed by atoms with Crippen molar-refractivity contribution in [2.75, 3.05) is 13.6 Å². The minimum Gasteiger partial charge on any atom is -0.444 e. The van der Waals surface area contributed by atoms with Gasteiger partial charge in [-0.05, 0) is 6.07 Å². The molecule has 0 saturated heterocycles. The second-order valence-corrected chi connectivity index (χ2v) is 3.57. The van der Waals surface area contributed by atoms with Crippen LogP contribution in [0.2, 0.25) is 5.02 Å². The summed E-state index contributed by atoms with van der Waals surface area (Å²) in [6.07, 6.45) is -0.540. The Morgan fingerprint density at radius 1 is 1.56 bits per heavy atom. The maximum atomic E-state index is 11.3. The SMILES string of the molecule is CN(CC#N)C(=O)OCc1ccccc1Cl. The van der Waals surface area contributed by atoms with Gasteiger partial charge in [-0.1, -0.05) is 29.8 Å². The molecule has 1 aromatic carbocycles. The second-order valence-electron chi connectivity index (χ2n) is 3.16. The van der Waals surface area contributed by atoms with Crippen LogP contribution in [0.5, 0.6) is 0 Å². The number of benzene rings is 1. The molecule has 0 heterocycles. The highest BCUT2D eigenvalue weighted by molar-refractivity contribution is 6.31. The van der Waals surface area contributed by atoms with E-state index in [4.69, 9.17) is 21.6 Å². The molecule has 0 fully saturated rings. The average Bonchev–Trinajstić information content (AvgIpc) is 2.28. The van der Waals surface area contributed by atoms with Crippen molar-refractivity contribution < 1.29 is 9.53 Å². The van der Waals surface area contributed by atoms with E-state index in [1.807, 2.05) is 12.1 Å². The van der Waals surface area contributed by atoms with Crippen molar-refractivity contribution in [1.82, 2.24) is 4.90 Å². The molecule has 0 N–H and O–H groups in total. The van der Waals surface area contributed by atoms with Crippen molar-refractivity contribution in [3.05, 3.63) is 34.9 Å². The summed E-state index contributed by atoms with van der Waals surface area (Å²) >= 11 is 5.89. The van der Waals surface area contributed by atoms with Crippen LogP contribution in [-0.4, -0.2) is 24.6 Å². The largest absolute Gasteiger partial charge is 0.444 e. The van der Waals surface area contributed by atoms with E-state index in [2.05, 4.69) is 0 Å². The molecule has 84 valence electrons. The number of nitrogens with zero attached hydrogens (tertiary/aromatic N) is 2. The number of ether oxygens (including phenoxy) is 1. The predicted molar refractivity (Wildman–Crippen MR) is 59.9 cm³/mol. The quantitative estimate of drug-likeness (QED) is 0.760. The Bertz CT molecular complexity index is 415. The van der Waals surface area contributed by atoms with E-state index in [0.29, 0.717) is 5.02 Å². The molecule has 4 nitrogen and oxygen atoms in total. The molecular weight excluding hydrogens is 228 g/mol. The summed E-state index contributed by atoms with van der Waals surface area (Å²) in [5.41, 5.74) is 0.739. The monoisotopic (exact) mass is 238 g/mol. The fraction of sp³-hybridized carbons (Fsp3) is 0.273. The summed E-state index contributed by atoms with van der Waals surface area (Å²) in [7, 11) is 1.50. The van der Waals surface area contributed by atoms with Gasteiger partial charge in [-0.3, -0.25) is 4.90 Å². The third kappa shape index (κ3) is 3.44. The minimum absolute atomic E-state index is 0.00134. The molecule has 0 atom stereocenters. The van der Waals surface area contributed by atoms with Crippen molar-refractivity contribution in [3.63, 3.8) is 0 Å². The third-order valence-electron chi connectivity index (χ3n) is 1.93. The molecule has 0 aliphatic carbocycles. The summed E-state index contributed by atoms with van der Waals surface area (Å²) < 4.78 is 4.97. The Morgan fingerprint density at radius 2 is 2.25 bits per heavy atom. The fourth-order valence-electron chi connectivity index (χ4n) is 1.04. The van der Waals surface area contributed by atoms with Crippen LogP contribution >= 0.6 is 11.6 Å². The number of carbonyl (C=O) groups is 1. The zero-order valence-corrected chi connectivity index (χ0v) is 9.57. The average molecular weight is 239 g/mol. The Hall–Kier alpha value is -1.73. The molecule has 0 unspecified atom stereocenters. The van der Waals surface area contributed by atoms with Gasteiger partial charge in [0.2, 0.25) is 0 Å². The van der Waals surface area contributed by atoms with Crippen molar-refractivity contribution >= 4 is 17.7 Å². The number of hydrogen-bond donors (Lipinski definition) is 0. The Labute approximate surface area is 99.0 Å². The lowest BCUT2D eigenvalue weighted by molar-refractivity contribution is 0.108. The lowest BCUT2D eigenvalue weighted by Gasteiger charge is -2.13. The van der Waals surface area contributed by atoms with E-state index in [1.165, 1.54) is 11.9 Å². The van der Waals surface area contributed by atoms with Crippen LogP contribution in [-0.2, 0) is 11.3 Å². The lowest BCUT2D eigenvalue weighted by atomic mass is 10.2. The van der Waals surface area contributed by atoms with Gasteiger partial charge in [0.25, 0.3) is 0 Å². The van der Waals surface area contributed by atoms with Crippen LogP contribution < -0.4 is 0 Å². The first kappa shape index (κ1) is 12.3. The van der Waals surface area contributed by atoms with Gasteiger partial charge in [0.1, 0.15) is 13.2 Å². The second kappa shape index (κ2) is 5.99. The summed E-state index contributed by atoms with van der Waals surface area (Å²) in [4.78, 5) is 12.5. The van der Waals surface area contributed by atoms with E-state index in [1.54, 1.807) is 18.2 Å². The van der Waals surface area contributed by atoms with Crippen molar-refractivity contribution in [3.8, 4) is 6.07 Å². The molecule has 0 bridgehead atoms. The van der Waals surface area contributed by atoms with Crippen LogP contribution in [0.15, 0.2) is 24.3 Å². The first-order valence-electron chi connectivity index (χ1n) is 4.63. The molecule has 1 aromatic rings. The van der Waals surface area contributed by atoms with E-state index >= 15 is 0 Å². The van der Waals surface area contributed by atoms with Crippen molar-refractivity contribution in [2.45, 2.75) is 6.61 Å². The molecule has 1 amide bonds. The highest BCUT2D eigenvalue weighted by Gasteiger charge is 2.09. The normalized spacial score (nSPS) is 9.31. The number of amides is 1. The predicted octanol–water partition coefficient (Wildman–Crippen LogP) is 2.43. The topological polar surface area (TPSA) is 53.3 Å². The molecule has 0 radical (unpaired) electrons. The van der Waals surface area contributed by atoms with Crippen molar-refractivity contribution in [1.29, 1.82) is 5.26 Å². The maximum Gasteiger partial charge on any atom is 0.410 e. The number of hydrogen-bond acceptors (Lipinski definition) is 3. The first-order valence-corrected chi connectivity index (χ1v) is 5.01. The van der Waals surface area contributed by atoms with Crippen LogP contribution in [0, 0.1) is 11.3 Å². The first-order chi connectivity index (χ1) is 7.65. The smallest absolute Gasteiger partial charge is 0.410 e. The number of halogens is 1. The lowest BCUT2D eigenvalue weighted by Crippen LogP contribution is -2.27. The minimum atomic E-state index is -0.540. The Balaban J connectivity index is 2.50.